The fraction of sp³-hybridized carbons (Fsp3) is 0.0606. The Hall–Kier alpha value is -4.63. The molecule has 7 rings (SSSR count). The topological polar surface area (TPSA) is 31.9 Å². The van der Waals surface area contributed by atoms with Crippen molar-refractivity contribution in [1.82, 2.24) is 9.97 Å². The van der Waals surface area contributed by atoms with E-state index in [1.54, 1.807) is 0 Å². The van der Waals surface area contributed by atoms with Crippen molar-refractivity contribution >= 4 is 33.1 Å². The van der Waals surface area contributed by atoms with Crippen molar-refractivity contribution in [1.29, 1.82) is 0 Å². The van der Waals surface area contributed by atoms with Crippen molar-refractivity contribution in [3.8, 4) is 11.3 Å². The molecule has 1 aliphatic heterocycles. The van der Waals surface area contributed by atoms with E-state index in [1.165, 1.54) is 33.3 Å². The Morgan fingerprint density at radius 2 is 1.47 bits per heavy atom. The van der Waals surface area contributed by atoms with Crippen LogP contribution in [-0.4, -0.2) is 17.0 Å². The Labute approximate surface area is 210 Å². The Bertz CT molecular complexity index is 1760. The molecule has 172 valence electrons. The summed E-state index contributed by atoms with van der Waals surface area (Å²) in [7, 11) is 2.13. The van der Waals surface area contributed by atoms with Crippen LogP contribution in [0.1, 0.15) is 22.7 Å². The van der Waals surface area contributed by atoms with Crippen LogP contribution in [-0.2, 0) is 0 Å². The number of aromatic nitrogens is 2. The number of nitrogens with one attached hydrogen (secondary N) is 1. The summed E-state index contributed by atoms with van der Waals surface area (Å²) in [6.45, 7) is 0. The predicted molar refractivity (Wildman–Crippen MR) is 150 cm³/mol. The third-order valence-corrected chi connectivity index (χ3v) is 7.26. The Balaban J connectivity index is 1.54. The molecule has 6 aromatic rings. The predicted octanol–water partition coefficient (Wildman–Crippen LogP) is 8.01. The summed E-state index contributed by atoms with van der Waals surface area (Å²) >= 11 is 0. The highest BCUT2D eigenvalue weighted by atomic mass is 15.1. The van der Waals surface area contributed by atoms with Gasteiger partial charge in [-0.05, 0) is 41.0 Å². The van der Waals surface area contributed by atoms with Gasteiger partial charge in [-0.1, -0.05) is 91.0 Å². The van der Waals surface area contributed by atoms with Gasteiger partial charge >= 0.3 is 0 Å². The summed E-state index contributed by atoms with van der Waals surface area (Å²) in [6.07, 6.45) is 2.26. The minimum absolute atomic E-state index is 0.0254. The van der Waals surface area contributed by atoms with Crippen LogP contribution in [0.25, 0.3) is 38.6 Å². The molecule has 0 saturated carbocycles. The maximum atomic E-state index is 5.14. The van der Waals surface area contributed by atoms with Gasteiger partial charge in [0.25, 0.3) is 0 Å². The smallest absolute Gasteiger partial charge is 0.0709 e. The first-order valence-corrected chi connectivity index (χ1v) is 12.3. The summed E-state index contributed by atoms with van der Waals surface area (Å²) in [5.41, 5.74) is 10.5. The molecule has 3 nitrogen and oxygen atoms in total. The van der Waals surface area contributed by atoms with Gasteiger partial charge in [-0.25, -0.2) is 4.98 Å². The first kappa shape index (κ1) is 20.7. The molecule has 0 radical (unpaired) electrons. The molecule has 3 heteroatoms. The summed E-state index contributed by atoms with van der Waals surface area (Å²) in [4.78, 5) is 11.1. The van der Waals surface area contributed by atoms with Gasteiger partial charge in [0, 0.05) is 46.7 Å². The van der Waals surface area contributed by atoms with Gasteiger partial charge in [0.05, 0.1) is 16.9 Å². The van der Waals surface area contributed by atoms with Gasteiger partial charge in [-0.2, -0.15) is 0 Å². The molecular weight excluding hydrogens is 438 g/mol. The highest BCUT2D eigenvalue weighted by Gasteiger charge is 2.33. The second-order valence-electron chi connectivity index (χ2n) is 9.40. The number of H-pyrrole nitrogens is 1. The van der Waals surface area contributed by atoms with Gasteiger partial charge in [-0.15, -0.1) is 0 Å². The van der Waals surface area contributed by atoms with Crippen LogP contribution in [0.4, 0.5) is 5.69 Å². The first-order chi connectivity index (χ1) is 17.8. The SMILES string of the molecule is CN1C=C(c2ccc3ccccc3n2)[C@H](c2c(-c3ccccc3)[nH]c3ccccc23)c2ccccc21. The zero-order valence-corrected chi connectivity index (χ0v) is 20.0. The molecule has 1 atom stereocenters. The van der Waals surface area contributed by atoms with Crippen LogP contribution in [0.5, 0.6) is 0 Å². The van der Waals surface area contributed by atoms with E-state index in [9.17, 15) is 0 Å². The molecule has 3 heterocycles. The number of para-hydroxylation sites is 3. The van der Waals surface area contributed by atoms with Crippen LogP contribution in [0.15, 0.2) is 121 Å². The second kappa shape index (κ2) is 8.24. The fourth-order valence-corrected chi connectivity index (χ4v) is 5.62. The number of hydrogen-bond donors (Lipinski definition) is 1. The van der Waals surface area contributed by atoms with Gasteiger partial charge in [0.2, 0.25) is 0 Å². The van der Waals surface area contributed by atoms with Gasteiger partial charge in [0.1, 0.15) is 0 Å². The molecule has 0 amide bonds. The summed E-state index contributed by atoms with van der Waals surface area (Å²) in [6, 6.07) is 40.7. The lowest BCUT2D eigenvalue weighted by Gasteiger charge is -2.33. The van der Waals surface area contributed by atoms with Gasteiger partial charge in [0.15, 0.2) is 0 Å². The Kier molecular flexibility index (Phi) is 4.74. The highest BCUT2D eigenvalue weighted by molar-refractivity contribution is 5.97. The van der Waals surface area contributed by atoms with Crippen molar-refractivity contribution in [3.05, 3.63) is 138 Å². The van der Waals surface area contributed by atoms with E-state index in [0.29, 0.717) is 0 Å². The van der Waals surface area contributed by atoms with Crippen LogP contribution in [0.2, 0.25) is 0 Å². The lowest BCUT2D eigenvalue weighted by molar-refractivity contribution is 0.985. The maximum Gasteiger partial charge on any atom is 0.0709 e. The van der Waals surface area contributed by atoms with Crippen LogP contribution in [0, 0.1) is 0 Å². The lowest BCUT2D eigenvalue weighted by Crippen LogP contribution is -2.21. The van der Waals surface area contributed by atoms with Gasteiger partial charge < -0.3 is 9.88 Å². The average molecular weight is 464 g/mol. The molecule has 0 spiro atoms. The highest BCUT2D eigenvalue weighted by Crippen LogP contribution is 2.50. The van der Waals surface area contributed by atoms with E-state index in [1.807, 2.05) is 0 Å². The lowest BCUT2D eigenvalue weighted by atomic mass is 9.78. The van der Waals surface area contributed by atoms with Crippen molar-refractivity contribution in [2.24, 2.45) is 0 Å². The number of benzene rings is 4. The Morgan fingerprint density at radius 1 is 0.722 bits per heavy atom. The largest absolute Gasteiger partial charge is 0.354 e. The summed E-state index contributed by atoms with van der Waals surface area (Å²) < 4.78 is 0. The van der Waals surface area contributed by atoms with E-state index < -0.39 is 0 Å². The number of fused-ring (bicyclic) bond motifs is 3. The Morgan fingerprint density at radius 3 is 2.39 bits per heavy atom. The minimum Gasteiger partial charge on any atom is -0.354 e. The number of allylic oxidation sites excluding steroid dienone is 1. The average Bonchev–Trinajstić information content (AvgIpc) is 3.32. The molecule has 0 fully saturated rings. The van der Waals surface area contributed by atoms with E-state index in [4.69, 9.17) is 4.98 Å². The molecule has 36 heavy (non-hydrogen) atoms. The zero-order valence-electron chi connectivity index (χ0n) is 20.0. The van der Waals surface area contributed by atoms with Crippen molar-refractivity contribution in [3.63, 3.8) is 0 Å². The molecular formula is C33H25N3. The van der Waals surface area contributed by atoms with E-state index in [2.05, 4.69) is 138 Å². The number of rotatable bonds is 3. The van der Waals surface area contributed by atoms with Gasteiger partial charge in [-0.3, -0.25) is 0 Å². The molecule has 0 unspecified atom stereocenters. The molecule has 1 aliphatic rings. The molecule has 2 aromatic heterocycles. The number of anilines is 1. The normalized spacial score (nSPS) is 15.2. The van der Waals surface area contributed by atoms with E-state index in [-0.39, 0.29) is 5.92 Å². The molecule has 4 aromatic carbocycles. The maximum absolute atomic E-state index is 5.14. The van der Waals surface area contributed by atoms with Crippen LogP contribution >= 0.6 is 0 Å². The molecule has 0 bridgehead atoms. The fourth-order valence-electron chi connectivity index (χ4n) is 5.62. The third kappa shape index (κ3) is 3.24. The standard InChI is InChI=1S/C33H25N3/c1-36-21-26(29-20-19-22-11-5-8-16-27(22)34-29)31(25-15-7-10-18-30(25)36)32-24-14-6-9-17-28(24)35-33(32)23-12-3-2-4-13-23/h2-21,31,35H,1H3/t31-/m1/s1. The number of nitrogens with zero attached hydrogens (tertiary/aromatic N) is 2. The second-order valence-corrected chi connectivity index (χ2v) is 9.40. The quantitative estimate of drug-likeness (QED) is 0.288. The molecule has 0 aliphatic carbocycles. The van der Waals surface area contributed by atoms with Crippen molar-refractivity contribution in [2.75, 3.05) is 11.9 Å². The number of hydrogen-bond acceptors (Lipinski definition) is 2. The number of pyridine rings is 1. The molecule has 1 N–H and O–H groups in total. The van der Waals surface area contributed by atoms with Crippen molar-refractivity contribution in [2.45, 2.75) is 5.92 Å². The van der Waals surface area contributed by atoms with E-state index in [0.717, 1.165) is 27.8 Å². The molecule has 0 saturated heterocycles. The first-order valence-electron chi connectivity index (χ1n) is 12.3. The third-order valence-electron chi connectivity index (χ3n) is 7.26. The van der Waals surface area contributed by atoms with Crippen molar-refractivity contribution < 1.29 is 0 Å². The zero-order chi connectivity index (χ0) is 24.1. The monoisotopic (exact) mass is 463 g/mol. The van der Waals surface area contributed by atoms with Crippen LogP contribution < -0.4 is 4.90 Å². The van der Waals surface area contributed by atoms with E-state index >= 15 is 0 Å². The summed E-state index contributed by atoms with van der Waals surface area (Å²) in [5.74, 6) is 0.0254. The minimum atomic E-state index is 0.0254. The summed E-state index contributed by atoms with van der Waals surface area (Å²) in [5, 5.41) is 2.40. The van der Waals surface area contributed by atoms with Crippen LogP contribution in [0.3, 0.4) is 0 Å². The number of aromatic amines is 1.